The van der Waals surface area contributed by atoms with Crippen LogP contribution in [0.2, 0.25) is 0 Å². The molecule has 0 atom stereocenters. The molecular weight excluding hydrogens is 284 g/mol. The number of hydrogen-bond donors (Lipinski definition) is 2. The van der Waals surface area contributed by atoms with Crippen LogP contribution in [-0.4, -0.2) is 25.1 Å². The molecule has 110 valence electrons. The highest BCUT2D eigenvalue weighted by Gasteiger charge is 2.19. The first-order valence-electron chi connectivity index (χ1n) is 6.09. The summed E-state index contributed by atoms with van der Waals surface area (Å²) < 4.78 is 36.4. The maximum atomic E-state index is 12.0. The summed E-state index contributed by atoms with van der Waals surface area (Å²) in [6.07, 6.45) is 0. The molecule has 0 aliphatic rings. The van der Waals surface area contributed by atoms with Gasteiger partial charge >= 0.3 is 0 Å². The highest BCUT2D eigenvalue weighted by molar-refractivity contribution is 7.89. The molecule has 2 aromatic heterocycles. The number of sulfonamides is 1. The van der Waals surface area contributed by atoms with Gasteiger partial charge in [-0.1, -0.05) is 12.1 Å². The lowest BCUT2D eigenvalue weighted by atomic mass is 10.4. The predicted molar refractivity (Wildman–Crippen MR) is 69.1 cm³/mol. The van der Waals surface area contributed by atoms with Gasteiger partial charge < -0.3 is 14.3 Å². The third-order valence-electron chi connectivity index (χ3n) is 2.43. The molecule has 9 heteroatoms. The molecule has 2 aromatic rings. The average molecular weight is 300 g/mol. The second-order valence-electron chi connectivity index (χ2n) is 4.06. The highest BCUT2D eigenvalue weighted by atomic mass is 32.2. The fourth-order valence-corrected chi connectivity index (χ4v) is 2.41. The third-order valence-corrected chi connectivity index (χ3v) is 3.71. The topological polar surface area (TPSA) is 110 Å². The van der Waals surface area contributed by atoms with Gasteiger partial charge in [0.05, 0.1) is 13.1 Å². The number of furan rings is 1. The van der Waals surface area contributed by atoms with Crippen LogP contribution in [0.1, 0.15) is 24.4 Å². The molecule has 0 aliphatic carbocycles. The van der Waals surface area contributed by atoms with Crippen LogP contribution in [0.3, 0.4) is 0 Å². The van der Waals surface area contributed by atoms with E-state index < -0.39 is 10.0 Å². The van der Waals surface area contributed by atoms with E-state index in [4.69, 9.17) is 8.94 Å². The Kier molecular flexibility index (Phi) is 4.53. The van der Waals surface area contributed by atoms with E-state index in [0.717, 1.165) is 6.54 Å². The molecule has 0 aliphatic heterocycles. The van der Waals surface area contributed by atoms with Crippen molar-refractivity contribution in [3.63, 3.8) is 0 Å². The van der Waals surface area contributed by atoms with E-state index >= 15 is 0 Å². The minimum Gasteiger partial charge on any atom is -0.447 e. The van der Waals surface area contributed by atoms with E-state index in [2.05, 4.69) is 20.2 Å². The molecule has 0 saturated heterocycles. The van der Waals surface area contributed by atoms with E-state index in [1.165, 1.54) is 6.07 Å². The summed E-state index contributed by atoms with van der Waals surface area (Å²) in [6, 6.07) is 3.03. The molecule has 2 rings (SSSR count). The van der Waals surface area contributed by atoms with Crippen LogP contribution in [0.15, 0.2) is 26.2 Å². The molecule has 0 unspecified atom stereocenters. The lowest BCUT2D eigenvalue weighted by molar-refractivity contribution is 0.369. The van der Waals surface area contributed by atoms with Gasteiger partial charge in [0, 0.05) is 0 Å². The van der Waals surface area contributed by atoms with Crippen LogP contribution in [0.4, 0.5) is 0 Å². The molecular formula is C11H16N4O4S. The fourth-order valence-electron chi connectivity index (χ4n) is 1.49. The van der Waals surface area contributed by atoms with Crippen LogP contribution in [0.25, 0.3) is 0 Å². The van der Waals surface area contributed by atoms with Crippen LogP contribution >= 0.6 is 0 Å². The first kappa shape index (κ1) is 14.7. The lowest BCUT2D eigenvalue weighted by Gasteiger charge is -2.01. The molecule has 0 fully saturated rings. The number of aryl methyl sites for hydroxylation is 1. The molecule has 8 nitrogen and oxygen atoms in total. The molecule has 0 bridgehead atoms. The van der Waals surface area contributed by atoms with Crippen LogP contribution in [0, 0.1) is 6.92 Å². The zero-order valence-electron chi connectivity index (χ0n) is 11.2. The van der Waals surface area contributed by atoms with Crippen LogP contribution in [-0.2, 0) is 23.1 Å². The van der Waals surface area contributed by atoms with Crippen LogP contribution < -0.4 is 10.0 Å². The van der Waals surface area contributed by atoms with Gasteiger partial charge in [0.1, 0.15) is 5.76 Å². The molecule has 0 spiro atoms. The van der Waals surface area contributed by atoms with Gasteiger partial charge in [-0.2, -0.15) is 9.71 Å². The van der Waals surface area contributed by atoms with Crippen molar-refractivity contribution >= 4 is 10.0 Å². The summed E-state index contributed by atoms with van der Waals surface area (Å²) in [5, 5.41) is 6.49. The molecule has 0 amide bonds. The summed E-state index contributed by atoms with van der Waals surface area (Å²) in [5.41, 5.74) is 0. The van der Waals surface area contributed by atoms with Crippen molar-refractivity contribution in [3.05, 3.63) is 29.6 Å². The number of nitrogens with one attached hydrogen (secondary N) is 2. The van der Waals surface area contributed by atoms with E-state index in [9.17, 15) is 8.42 Å². The zero-order valence-corrected chi connectivity index (χ0v) is 12.0. The first-order valence-corrected chi connectivity index (χ1v) is 7.58. The van der Waals surface area contributed by atoms with Crippen molar-refractivity contribution in [2.45, 2.75) is 32.0 Å². The standard InChI is InChI=1S/C11H16N4O4S/c1-3-12-6-9-4-5-11(18-9)20(16,17)13-7-10-14-8(2)15-19-10/h4-5,12-13H,3,6-7H2,1-2H3. The molecule has 2 heterocycles. The van der Waals surface area contributed by atoms with E-state index in [1.807, 2.05) is 6.92 Å². The number of hydrogen-bond acceptors (Lipinski definition) is 7. The van der Waals surface area contributed by atoms with Crippen molar-refractivity contribution in [2.75, 3.05) is 6.54 Å². The van der Waals surface area contributed by atoms with Gasteiger partial charge in [-0.3, -0.25) is 0 Å². The average Bonchev–Trinajstić information content (AvgIpc) is 3.03. The fraction of sp³-hybridized carbons (Fsp3) is 0.455. The third kappa shape index (κ3) is 3.65. The smallest absolute Gasteiger partial charge is 0.274 e. The number of nitrogens with zero attached hydrogens (tertiary/aromatic N) is 2. The van der Waals surface area contributed by atoms with E-state index in [0.29, 0.717) is 18.1 Å². The lowest BCUT2D eigenvalue weighted by Crippen LogP contribution is -2.23. The van der Waals surface area contributed by atoms with Gasteiger partial charge in [-0.25, -0.2) is 8.42 Å². The Balaban J connectivity index is 2.00. The largest absolute Gasteiger partial charge is 0.447 e. The van der Waals surface area contributed by atoms with Crippen molar-refractivity contribution < 1.29 is 17.4 Å². The van der Waals surface area contributed by atoms with Crippen LogP contribution in [0.5, 0.6) is 0 Å². The van der Waals surface area contributed by atoms with Gasteiger partial charge in [0.2, 0.25) is 11.0 Å². The molecule has 20 heavy (non-hydrogen) atoms. The maximum Gasteiger partial charge on any atom is 0.274 e. The Bertz CT molecular complexity index is 662. The molecule has 0 aromatic carbocycles. The summed E-state index contributed by atoms with van der Waals surface area (Å²) in [6.45, 7) is 4.79. The summed E-state index contributed by atoms with van der Waals surface area (Å²) in [5.74, 6) is 1.21. The quantitative estimate of drug-likeness (QED) is 0.768. The van der Waals surface area contributed by atoms with Gasteiger partial charge in [-0.15, -0.1) is 0 Å². The Morgan fingerprint density at radius 2 is 2.10 bits per heavy atom. The Hall–Kier alpha value is -1.71. The second-order valence-corrected chi connectivity index (χ2v) is 5.76. The Morgan fingerprint density at radius 1 is 1.30 bits per heavy atom. The minimum atomic E-state index is -3.73. The van der Waals surface area contributed by atoms with E-state index in [-0.39, 0.29) is 17.5 Å². The van der Waals surface area contributed by atoms with Crippen molar-refractivity contribution in [3.8, 4) is 0 Å². The Labute approximate surface area is 116 Å². The van der Waals surface area contributed by atoms with Crippen molar-refractivity contribution in [2.24, 2.45) is 0 Å². The van der Waals surface area contributed by atoms with Crippen molar-refractivity contribution in [1.29, 1.82) is 0 Å². The number of aromatic nitrogens is 2. The molecule has 0 radical (unpaired) electrons. The number of rotatable bonds is 7. The predicted octanol–water partition coefficient (Wildman–Crippen LogP) is 0.559. The van der Waals surface area contributed by atoms with Crippen molar-refractivity contribution in [1.82, 2.24) is 20.2 Å². The van der Waals surface area contributed by atoms with Gasteiger partial charge in [0.25, 0.3) is 10.0 Å². The maximum absolute atomic E-state index is 12.0. The summed E-state index contributed by atoms with van der Waals surface area (Å²) in [4.78, 5) is 3.91. The normalized spacial score (nSPS) is 11.9. The SMILES string of the molecule is CCNCc1ccc(S(=O)(=O)NCc2nc(C)no2)o1. The Morgan fingerprint density at radius 3 is 2.75 bits per heavy atom. The summed E-state index contributed by atoms with van der Waals surface area (Å²) in [7, 11) is -3.73. The van der Waals surface area contributed by atoms with Gasteiger partial charge in [0.15, 0.2) is 5.82 Å². The second kappa shape index (κ2) is 6.16. The highest BCUT2D eigenvalue weighted by Crippen LogP contribution is 2.14. The minimum absolute atomic E-state index is 0.0770. The summed E-state index contributed by atoms with van der Waals surface area (Å²) >= 11 is 0. The van der Waals surface area contributed by atoms with Gasteiger partial charge in [-0.05, 0) is 25.6 Å². The van der Waals surface area contributed by atoms with E-state index in [1.54, 1.807) is 13.0 Å². The monoisotopic (exact) mass is 300 g/mol. The molecule has 2 N–H and O–H groups in total. The molecule has 0 saturated carbocycles. The zero-order chi connectivity index (χ0) is 14.6. The first-order chi connectivity index (χ1) is 9.51.